The number of fused-ring (bicyclic) bond motifs is 1. The van der Waals surface area contributed by atoms with E-state index in [1.54, 1.807) is 36.5 Å². The molecule has 0 bridgehead atoms. The molecule has 1 atom stereocenters. The third kappa shape index (κ3) is 4.11. The summed E-state index contributed by atoms with van der Waals surface area (Å²) >= 11 is 0. The Balaban J connectivity index is 1.89. The minimum Gasteiger partial charge on any atom is -0.482 e. The molecule has 0 saturated carbocycles. The number of carbonyl (C=O) groups is 2. The zero-order valence-corrected chi connectivity index (χ0v) is 16.0. The standard InChI is InChI=1S/C20H22N4O4/c1-4-13(3)24-19-17(10-21-24)16(8-12(2)22-19)20(27)23-14-6-5-7-15(9-14)28-11-18(25)26/h5-10,13H,4,11H2,1-3H3,(H,23,27)(H,25,26). The number of hydrogen-bond acceptors (Lipinski definition) is 5. The number of nitrogens with zero attached hydrogens (tertiary/aromatic N) is 3. The van der Waals surface area contributed by atoms with Gasteiger partial charge in [0.25, 0.3) is 5.91 Å². The highest BCUT2D eigenvalue weighted by Gasteiger charge is 2.18. The van der Waals surface area contributed by atoms with Crippen LogP contribution >= 0.6 is 0 Å². The van der Waals surface area contributed by atoms with E-state index in [9.17, 15) is 9.59 Å². The largest absolute Gasteiger partial charge is 0.482 e. The van der Waals surface area contributed by atoms with Crippen LogP contribution in [0, 0.1) is 6.92 Å². The Kier molecular flexibility index (Phi) is 5.58. The first-order valence-electron chi connectivity index (χ1n) is 9.00. The number of benzene rings is 1. The third-order valence-electron chi connectivity index (χ3n) is 4.40. The average molecular weight is 382 g/mol. The molecule has 8 nitrogen and oxygen atoms in total. The maximum atomic E-state index is 12.9. The van der Waals surface area contributed by atoms with E-state index < -0.39 is 12.6 Å². The van der Waals surface area contributed by atoms with Gasteiger partial charge in [0.2, 0.25) is 0 Å². The van der Waals surface area contributed by atoms with Gasteiger partial charge in [-0.1, -0.05) is 13.0 Å². The molecular formula is C20H22N4O4. The van der Waals surface area contributed by atoms with Crippen LogP contribution in [0.3, 0.4) is 0 Å². The molecule has 1 aromatic carbocycles. The van der Waals surface area contributed by atoms with E-state index in [0.717, 1.165) is 12.1 Å². The highest BCUT2D eigenvalue weighted by Crippen LogP contribution is 2.24. The van der Waals surface area contributed by atoms with Gasteiger partial charge < -0.3 is 15.2 Å². The summed E-state index contributed by atoms with van der Waals surface area (Å²) in [7, 11) is 0. The number of nitrogens with one attached hydrogen (secondary N) is 1. The Bertz CT molecular complexity index is 1030. The van der Waals surface area contributed by atoms with E-state index in [2.05, 4.69) is 29.2 Å². The number of aliphatic carboxylic acids is 1. The zero-order chi connectivity index (χ0) is 20.3. The molecule has 1 unspecified atom stereocenters. The van der Waals surface area contributed by atoms with Gasteiger partial charge in [0, 0.05) is 17.4 Å². The van der Waals surface area contributed by atoms with Gasteiger partial charge in [-0.15, -0.1) is 0 Å². The number of carboxylic acids is 1. The van der Waals surface area contributed by atoms with Gasteiger partial charge in [0.1, 0.15) is 5.75 Å². The van der Waals surface area contributed by atoms with Crippen molar-refractivity contribution in [1.29, 1.82) is 0 Å². The van der Waals surface area contributed by atoms with Gasteiger partial charge in [-0.25, -0.2) is 14.5 Å². The second-order valence-corrected chi connectivity index (χ2v) is 6.56. The molecule has 2 N–H and O–H groups in total. The molecule has 3 aromatic rings. The van der Waals surface area contributed by atoms with E-state index in [0.29, 0.717) is 28.0 Å². The van der Waals surface area contributed by atoms with Crippen molar-refractivity contribution in [1.82, 2.24) is 14.8 Å². The summed E-state index contributed by atoms with van der Waals surface area (Å²) < 4.78 is 6.99. The van der Waals surface area contributed by atoms with Crippen molar-refractivity contribution < 1.29 is 19.4 Å². The van der Waals surface area contributed by atoms with Gasteiger partial charge in [-0.3, -0.25) is 4.79 Å². The average Bonchev–Trinajstić information content (AvgIpc) is 3.09. The summed E-state index contributed by atoms with van der Waals surface area (Å²) in [6.45, 7) is 5.51. The summed E-state index contributed by atoms with van der Waals surface area (Å²) in [4.78, 5) is 28.1. The molecule has 2 aromatic heterocycles. The summed E-state index contributed by atoms with van der Waals surface area (Å²) in [6.07, 6.45) is 2.56. The Labute approximate surface area is 162 Å². The lowest BCUT2D eigenvalue weighted by Gasteiger charge is -2.12. The Morgan fingerprint density at radius 3 is 2.82 bits per heavy atom. The number of amides is 1. The van der Waals surface area contributed by atoms with Crippen LogP contribution in [0.15, 0.2) is 36.5 Å². The fraction of sp³-hybridized carbons (Fsp3) is 0.300. The number of aryl methyl sites for hydroxylation is 1. The molecule has 2 heterocycles. The van der Waals surface area contributed by atoms with Crippen LogP contribution in [0.5, 0.6) is 5.75 Å². The van der Waals surface area contributed by atoms with E-state index >= 15 is 0 Å². The number of anilines is 1. The molecule has 0 saturated heterocycles. The van der Waals surface area contributed by atoms with Crippen molar-refractivity contribution in [2.75, 3.05) is 11.9 Å². The maximum absolute atomic E-state index is 12.9. The molecule has 0 aliphatic carbocycles. The molecule has 0 aliphatic rings. The van der Waals surface area contributed by atoms with E-state index in [1.165, 1.54) is 0 Å². The molecule has 0 fully saturated rings. The summed E-state index contributed by atoms with van der Waals surface area (Å²) in [5.41, 5.74) is 2.39. The molecule has 28 heavy (non-hydrogen) atoms. The molecule has 0 aliphatic heterocycles. The van der Waals surface area contributed by atoms with Gasteiger partial charge in [0.05, 0.1) is 23.2 Å². The number of aromatic nitrogens is 3. The summed E-state index contributed by atoms with van der Waals surface area (Å²) in [5, 5.41) is 16.6. The van der Waals surface area contributed by atoms with Gasteiger partial charge in [-0.2, -0.15) is 5.10 Å². The van der Waals surface area contributed by atoms with Crippen LogP contribution < -0.4 is 10.1 Å². The van der Waals surface area contributed by atoms with Crippen LogP contribution in [0.25, 0.3) is 11.0 Å². The molecule has 146 valence electrons. The van der Waals surface area contributed by atoms with Crippen LogP contribution in [0.1, 0.15) is 42.4 Å². The topological polar surface area (TPSA) is 106 Å². The number of ether oxygens (including phenoxy) is 1. The molecule has 0 radical (unpaired) electrons. The van der Waals surface area contributed by atoms with Crippen LogP contribution in [-0.2, 0) is 4.79 Å². The van der Waals surface area contributed by atoms with Crippen molar-refractivity contribution in [3.05, 3.63) is 47.8 Å². The van der Waals surface area contributed by atoms with Crippen molar-refractivity contribution >= 4 is 28.6 Å². The molecule has 3 rings (SSSR count). The lowest BCUT2D eigenvalue weighted by Crippen LogP contribution is -2.14. The number of pyridine rings is 1. The zero-order valence-electron chi connectivity index (χ0n) is 16.0. The predicted octanol–water partition coefficient (Wildman–Crippen LogP) is 3.43. The Morgan fingerprint density at radius 1 is 1.32 bits per heavy atom. The van der Waals surface area contributed by atoms with E-state index in [4.69, 9.17) is 9.84 Å². The number of hydrogen-bond donors (Lipinski definition) is 2. The minimum absolute atomic E-state index is 0.172. The second kappa shape index (κ2) is 8.08. The SMILES string of the molecule is CCC(C)n1ncc2c(C(=O)Nc3cccc(OCC(=O)O)c3)cc(C)nc21. The molecule has 8 heteroatoms. The first-order chi connectivity index (χ1) is 13.4. The fourth-order valence-electron chi connectivity index (χ4n) is 2.83. The third-order valence-corrected chi connectivity index (χ3v) is 4.40. The first kappa shape index (κ1) is 19.3. The fourth-order valence-corrected chi connectivity index (χ4v) is 2.83. The molecule has 0 spiro atoms. The summed E-state index contributed by atoms with van der Waals surface area (Å²) in [5.74, 6) is -1.00. The van der Waals surface area contributed by atoms with Gasteiger partial charge in [-0.05, 0) is 38.5 Å². The number of rotatable bonds is 7. The van der Waals surface area contributed by atoms with Crippen LogP contribution in [0.2, 0.25) is 0 Å². The van der Waals surface area contributed by atoms with E-state index in [1.807, 2.05) is 11.6 Å². The van der Waals surface area contributed by atoms with E-state index in [-0.39, 0.29) is 11.9 Å². The predicted molar refractivity (Wildman–Crippen MR) is 105 cm³/mol. The lowest BCUT2D eigenvalue weighted by atomic mass is 10.1. The number of carbonyl (C=O) groups excluding carboxylic acids is 1. The monoisotopic (exact) mass is 382 g/mol. The first-order valence-corrected chi connectivity index (χ1v) is 9.00. The van der Waals surface area contributed by atoms with Gasteiger partial charge in [0.15, 0.2) is 12.3 Å². The van der Waals surface area contributed by atoms with Crippen LogP contribution in [0.4, 0.5) is 5.69 Å². The highest BCUT2D eigenvalue weighted by atomic mass is 16.5. The lowest BCUT2D eigenvalue weighted by molar-refractivity contribution is -0.139. The summed E-state index contributed by atoms with van der Waals surface area (Å²) in [6, 6.07) is 8.50. The van der Waals surface area contributed by atoms with Gasteiger partial charge >= 0.3 is 5.97 Å². The van der Waals surface area contributed by atoms with Crippen molar-refractivity contribution in [2.45, 2.75) is 33.2 Å². The van der Waals surface area contributed by atoms with Crippen molar-refractivity contribution in [3.8, 4) is 5.75 Å². The van der Waals surface area contributed by atoms with Crippen molar-refractivity contribution in [3.63, 3.8) is 0 Å². The van der Waals surface area contributed by atoms with Crippen molar-refractivity contribution in [2.24, 2.45) is 0 Å². The van der Waals surface area contributed by atoms with Crippen LogP contribution in [-0.4, -0.2) is 38.4 Å². The molecule has 1 amide bonds. The maximum Gasteiger partial charge on any atom is 0.341 e. The molecular weight excluding hydrogens is 360 g/mol. The Morgan fingerprint density at radius 2 is 2.11 bits per heavy atom. The quantitative estimate of drug-likeness (QED) is 0.648. The normalized spacial score (nSPS) is 12.0. The smallest absolute Gasteiger partial charge is 0.341 e. The highest BCUT2D eigenvalue weighted by molar-refractivity contribution is 6.12. The number of carboxylic acid groups (broad SMARTS) is 1. The second-order valence-electron chi connectivity index (χ2n) is 6.56. The Hall–Kier alpha value is -3.42. The minimum atomic E-state index is -1.07.